The van der Waals surface area contributed by atoms with Gasteiger partial charge in [-0.3, -0.25) is 4.21 Å². The van der Waals surface area contributed by atoms with Crippen LogP contribution in [0.15, 0.2) is 0 Å². The normalized spacial score (nSPS) is 5.80. The second-order valence-electron chi connectivity index (χ2n) is 0.408. The van der Waals surface area contributed by atoms with E-state index in [0.717, 1.165) is 0 Å². The Morgan fingerprint density at radius 3 is 1.00 bits per heavy atom. The molecule has 13 radical (unpaired) electrons. The molecule has 0 spiro atoms. The van der Waals surface area contributed by atoms with E-state index in [1.165, 1.54) is 0 Å². The minimum atomic E-state index is -4.33. The summed E-state index contributed by atoms with van der Waals surface area (Å²) in [6, 6.07) is 0. The van der Waals surface area contributed by atoms with Gasteiger partial charge in [0.25, 0.3) is 0 Å². The second-order valence-corrected chi connectivity index (χ2v) is 2.45. The maximum atomic E-state index is 8.89. The zero-order valence-electron chi connectivity index (χ0n) is 4.13. The molecule has 0 unspecified atom stereocenters. The van der Waals surface area contributed by atoms with Crippen LogP contribution in [-0.4, -0.2) is 13.3 Å². The van der Waals surface area contributed by atoms with Crippen molar-refractivity contribution in [2.75, 3.05) is 0 Å². The van der Waals surface area contributed by atoms with E-state index in [4.69, 9.17) is 13.3 Å². The molecule has 0 heterocycles. The Morgan fingerprint density at radius 1 is 1.00 bits per heavy atom. The van der Waals surface area contributed by atoms with Crippen molar-refractivity contribution in [2.24, 2.45) is 0 Å². The minimum absolute atomic E-state index is 0. The first kappa shape index (κ1) is 45.9. The van der Waals surface area contributed by atoms with Crippen molar-refractivity contribution in [3.8, 4) is 0 Å². The number of hydrogen-bond donors (Lipinski definition) is 0. The zero-order chi connectivity index (χ0) is 4.50. The molecule has 0 aromatic heterocycles. The van der Waals surface area contributed by atoms with Crippen LogP contribution in [0.2, 0.25) is 0 Å². The summed E-state index contributed by atoms with van der Waals surface area (Å²) >= 11 is 3.24. The van der Waals surface area contributed by atoms with Gasteiger partial charge in [0.2, 0.25) is 0 Å². The van der Waals surface area contributed by atoms with Gasteiger partial charge in [-0.05, 0) is 11.2 Å². The van der Waals surface area contributed by atoms with E-state index in [1.807, 2.05) is 0 Å². The Balaban J connectivity index is -0.00000000800. The van der Waals surface area contributed by atoms with E-state index in [-0.39, 0.29) is 41.7 Å². The summed E-state index contributed by atoms with van der Waals surface area (Å²) in [6.45, 7) is 0. The molecule has 0 bridgehead atoms. The number of nitrogens with zero attached hydrogens (tertiary/aromatic N) is 4. The molecule has 0 aliphatic rings. The first-order valence-corrected chi connectivity index (χ1v) is 3.00. The van der Waals surface area contributed by atoms with E-state index in [1.54, 1.807) is 0 Å². The Morgan fingerprint density at radius 2 is 1.00 bits per heavy atom. The molecule has 0 aliphatic heterocycles. The summed E-state index contributed by atoms with van der Waals surface area (Å²) in [5.74, 6) is 0. The van der Waals surface area contributed by atoms with Gasteiger partial charge in [0.1, 0.15) is 0 Å². The molecule has 0 fully saturated rings. The molecule has 10 heteroatoms. The predicted molar refractivity (Wildman–Crippen MR) is 25.6 cm³/mol. The monoisotopic (exact) mass is 231 g/mol. The SMILES string of the molecule is O=S([O-])([O-])=S.[Cu+2].[N].[N].[N].[N]. The molecule has 61 valence electrons. The smallest absolute Gasteiger partial charge is 0.780 e. The molecule has 0 N–H and O–H groups in total. The minimum Gasteiger partial charge on any atom is -0.780 e. The summed E-state index contributed by atoms with van der Waals surface area (Å²) < 4.78 is 26.7. The van der Waals surface area contributed by atoms with E-state index < -0.39 is 9.05 Å². The summed E-state index contributed by atoms with van der Waals surface area (Å²) in [7, 11) is -4.33. The maximum Gasteiger partial charge on any atom is 2.00 e. The summed E-state index contributed by atoms with van der Waals surface area (Å²) in [6.07, 6.45) is 0. The molecule has 0 atom stereocenters. The van der Waals surface area contributed by atoms with Gasteiger partial charge in [-0.2, -0.15) is 0 Å². The van der Waals surface area contributed by atoms with Crippen molar-refractivity contribution in [1.29, 1.82) is 0 Å². The Bertz CT molecular complexity index is 102. The maximum absolute atomic E-state index is 8.89. The van der Waals surface area contributed by atoms with Crippen molar-refractivity contribution in [2.45, 2.75) is 0 Å². The first-order chi connectivity index (χ1) is 2.00. The second kappa shape index (κ2) is 16.3. The molecule has 0 saturated carbocycles. The Kier molecular flexibility index (Phi) is 74.9. The molecule has 0 aromatic carbocycles. The fourth-order valence-electron chi connectivity index (χ4n) is 0. The van der Waals surface area contributed by atoms with Gasteiger partial charge in [0.05, 0.1) is 0 Å². The summed E-state index contributed by atoms with van der Waals surface area (Å²) in [5.41, 5.74) is 0. The van der Waals surface area contributed by atoms with Crippen LogP contribution in [-0.2, 0) is 37.3 Å². The van der Waals surface area contributed by atoms with Gasteiger partial charge in [-0.25, -0.2) is 0 Å². The Labute approximate surface area is 75.5 Å². The van der Waals surface area contributed by atoms with Crippen LogP contribution in [0.1, 0.15) is 0 Å². The van der Waals surface area contributed by atoms with Crippen LogP contribution >= 0.6 is 0 Å². The van der Waals surface area contributed by atoms with Gasteiger partial charge in [0.15, 0.2) is 0 Å². The van der Waals surface area contributed by atoms with Crippen molar-refractivity contribution < 1.29 is 30.4 Å². The van der Waals surface area contributed by atoms with Crippen LogP contribution in [0.25, 0.3) is 0 Å². The van der Waals surface area contributed by atoms with Gasteiger partial charge in [0, 0.05) is 24.6 Å². The fourth-order valence-corrected chi connectivity index (χ4v) is 0. The van der Waals surface area contributed by atoms with Crippen LogP contribution < -0.4 is 24.6 Å². The van der Waals surface area contributed by atoms with Crippen LogP contribution in [0, 0.1) is 0 Å². The van der Waals surface area contributed by atoms with Crippen LogP contribution in [0.4, 0.5) is 0 Å². The summed E-state index contributed by atoms with van der Waals surface area (Å²) in [5, 5.41) is 0. The van der Waals surface area contributed by atoms with Crippen LogP contribution in [0.5, 0.6) is 0 Å². The van der Waals surface area contributed by atoms with Crippen molar-refractivity contribution in [3.05, 3.63) is 0 Å². The third-order valence-electron chi connectivity index (χ3n) is 0. The Hall–Kier alpha value is 0.649. The molecular formula is CuN4O3S2. The largest absolute Gasteiger partial charge is 2.00 e. The average molecular weight is 232 g/mol. The molecule has 10 heavy (non-hydrogen) atoms. The zero-order valence-corrected chi connectivity index (χ0v) is 6.71. The molecular weight excluding hydrogens is 232 g/mol. The third-order valence-corrected chi connectivity index (χ3v) is 0. The van der Waals surface area contributed by atoms with Gasteiger partial charge < -0.3 is 9.11 Å². The molecule has 0 saturated heterocycles. The van der Waals surface area contributed by atoms with E-state index in [0.29, 0.717) is 0 Å². The van der Waals surface area contributed by atoms with Crippen LogP contribution in [0.3, 0.4) is 0 Å². The van der Waals surface area contributed by atoms with E-state index >= 15 is 0 Å². The van der Waals surface area contributed by atoms with E-state index in [9.17, 15) is 0 Å². The quantitative estimate of drug-likeness (QED) is 0.404. The van der Waals surface area contributed by atoms with Gasteiger partial charge in [-0.1, -0.05) is 0 Å². The topological polar surface area (TPSA) is 185 Å². The van der Waals surface area contributed by atoms with Crippen molar-refractivity contribution >= 4 is 20.2 Å². The average Bonchev–Trinajstić information content (AvgIpc) is 0.722. The standard InChI is InChI=1S/Cu.4N.H2O3S2/c;;;;;1-5(2,3)4/h;;;;;(H2,1,2,3,4)/q+2;;;;;/p-2. The van der Waals surface area contributed by atoms with Gasteiger partial charge in [-0.15, -0.1) is 9.05 Å². The van der Waals surface area contributed by atoms with Crippen molar-refractivity contribution in [3.63, 3.8) is 0 Å². The van der Waals surface area contributed by atoms with Gasteiger partial charge >= 0.3 is 17.1 Å². The third kappa shape index (κ3) is 1200. The number of hydrogen-bond acceptors (Lipinski definition) is 4. The predicted octanol–water partition coefficient (Wildman–Crippen LogP) is -2.93. The molecule has 0 aromatic rings. The van der Waals surface area contributed by atoms with E-state index in [2.05, 4.69) is 11.2 Å². The fraction of sp³-hybridized carbons (Fsp3) is 0. The summed E-state index contributed by atoms with van der Waals surface area (Å²) in [4.78, 5) is 0. The van der Waals surface area contributed by atoms with Crippen molar-refractivity contribution in [1.82, 2.24) is 24.6 Å². The molecule has 7 nitrogen and oxygen atoms in total. The number of rotatable bonds is 0. The molecule has 0 amide bonds. The first-order valence-electron chi connectivity index (χ1n) is 0.667. The molecule has 0 rings (SSSR count). The molecule has 0 aliphatic carbocycles.